The van der Waals surface area contributed by atoms with E-state index in [-0.39, 0.29) is 36.2 Å². The molecule has 4 amide bonds. The van der Waals surface area contributed by atoms with Crippen molar-refractivity contribution in [2.45, 2.75) is 63.3 Å². The first-order valence-corrected chi connectivity index (χ1v) is 15.0. The van der Waals surface area contributed by atoms with Gasteiger partial charge in [0.2, 0.25) is 5.91 Å². The van der Waals surface area contributed by atoms with Crippen molar-refractivity contribution in [2.24, 2.45) is 0 Å². The van der Waals surface area contributed by atoms with Crippen LogP contribution in [0.4, 0.5) is 19.3 Å². The van der Waals surface area contributed by atoms with E-state index in [0.717, 1.165) is 16.7 Å². The normalized spacial score (nSPS) is 17.1. The number of benzene rings is 3. The summed E-state index contributed by atoms with van der Waals surface area (Å²) < 4.78 is 29.6. The molecule has 4 rings (SSSR count). The third kappa shape index (κ3) is 8.26. The summed E-state index contributed by atoms with van der Waals surface area (Å²) in [5, 5.41) is 19.4. The minimum Gasteiger partial charge on any atom is -0.433 e. The lowest BCUT2D eigenvalue weighted by molar-refractivity contribution is -0.147. The molecule has 1 saturated heterocycles. The minimum atomic E-state index is -3.10. The number of halogens is 2. The third-order valence-corrected chi connectivity index (χ3v) is 8.77. The SMILES string of the molecule is Cc1ccccc1CNC(=O)[C@H]1N(C(=O)[C@@H](O)[C@H](Cc2ccccc2)NC(=O)Nc2ccccc2OC(F)F)CSC1(C)C. The maximum atomic E-state index is 13.8. The standard InChI is InChI=1S/C32H36F2N4O5S/c1-20-11-7-8-14-22(20)18-35-28(40)27-32(2,3)44-19-38(27)29(41)26(39)24(17-21-12-5-4-6-13-21)37-31(42)36-23-15-9-10-16-25(23)43-30(33)34/h4-16,24,26-27,30,39H,17-19H2,1-3H3,(H,35,40)(H2,36,37,42)/t24-,26-,27+/m0/s1. The number of rotatable bonds is 11. The molecule has 1 fully saturated rings. The molecule has 1 aliphatic heterocycles. The molecule has 1 heterocycles. The molecule has 4 N–H and O–H groups in total. The number of ether oxygens (including phenoxy) is 1. The van der Waals surface area contributed by atoms with Crippen LogP contribution in [0.2, 0.25) is 0 Å². The lowest BCUT2D eigenvalue weighted by Crippen LogP contribution is -2.59. The number of anilines is 1. The van der Waals surface area contributed by atoms with Gasteiger partial charge >= 0.3 is 12.6 Å². The van der Waals surface area contributed by atoms with E-state index in [9.17, 15) is 28.3 Å². The number of amides is 4. The van der Waals surface area contributed by atoms with E-state index in [1.807, 2.05) is 51.1 Å². The summed E-state index contributed by atoms with van der Waals surface area (Å²) in [6.07, 6.45) is -1.65. The fourth-order valence-electron chi connectivity index (χ4n) is 5.05. The Morgan fingerprint density at radius 2 is 1.68 bits per heavy atom. The van der Waals surface area contributed by atoms with Crippen molar-refractivity contribution in [3.8, 4) is 5.75 Å². The number of aryl methyl sites for hydroxylation is 1. The molecule has 0 radical (unpaired) electrons. The van der Waals surface area contributed by atoms with Crippen LogP contribution >= 0.6 is 11.8 Å². The summed E-state index contributed by atoms with van der Waals surface area (Å²) in [4.78, 5) is 41.7. The summed E-state index contributed by atoms with van der Waals surface area (Å²) in [7, 11) is 0. The molecule has 0 saturated carbocycles. The van der Waals surface area contributed by atoms with Crippen molar-refractivity contribution in [2.75, 3.05) is 11.2 Å². The molecule has 0 spiro atoms. The van der Waals surface area contributed by atoms with Crippen molar-refractivity contribution in [1.82, 2.24) is 15.5 Å². The number of nitrogens with zero attached hydrogens (tertiary/aromatic N) is 1. The van der Waals surface area contributed by atoms with E-state index in [2.05, 4.69) is 20.7 Å². The van der Waals surface area contributed by atoms with Gasteiger partial charge in [-0.1, -0.05) is 66.7 Å². The molecule has 1 aliphatic rings. The number of urea groups is 1. The zero-order valence-electron chi connectivity index (χ0n) is 24.6. The molecule has 44 heavy (non-hydrogen) atoms. The van der Waals surface area contributed by atoms with E-state index in [1.54, 1.807) is 24.3 Å². The highest BCUT2D eigenvalue weighted by atomic mass is 32.2. The number of carbonyl (C=O) groups excluding carboxylic acids is 3. The van der Waals surface area contributed by atoms with Crippen LogP contribution in [-0.2, 0) is 22.6 Å². The molecule has 3 atom stereocenters. The number of alkyl halides is 2. The van der Waals surface area contributed by atoms with Gasteiger partial charge in [-0.15, -0.1) is 11.8 Å². The third-order valence-electron chi connectivity index (χ3n) is 7.39. The highest BCUT2D eigenvalue weighted by Crippen LogP contribution is 2.40. The Bertz CT molecular complexity index is 1460. The van der Waals surface area contributed by atoms with E-state index >= 15 is 0 Å². The summed E-state index contributed by atoms with van der Waals surface area (Å²) >= 11 is 1.41. The molecule has 0 unspecified atom stereocenters. The fourth-order valence-corrected chi connectivity index (χ4v) is 6.19. The summed E-state index contributed by atoms with van der Waals surface area (Å²) in [5.74, 6) is -1.16. The second-order valence-electron chi connectivity index (χ2n) is 10.9. The Labute approximate surface area is 259 Å². The van der Waals surface area contributed by atoms with Gasteiger partial charge < -0.3 is 30.7 Å². The minimum absolute atomic E-state index is 0.0207. The van der Waals surface area contributed by atoms with Crippen molar-refractivity contribution in [1.29, 1.82) is 0 Å². The quantitative estimate of drug-likeness (QED) is 0.245. The largest absolute Gasteiger partial charge is 0.433 e. The average molecular weight is 627 g/mol. The van der Waals surface area contributed by atoms with Crippen molar-refractivity contribution in [3.63, 3.8) is 0 Å². The number of hydrogen-bond acceptors (Lipinski definition) is 6. The predicted octanol–water partition coefficient (Wildman–Crippen LogP) is 4.69. The van der Waals surface area contributed by atoms with Crippen molar-refractivity contribution in [3.05, 3.63) is 95.6 Å². The van der Waals surface area contributed by atoms with Crippen LogP contribution in [0.1, 0.15) is 30.5 Å². The van der Waals surface area contributed by atoms with Gasteiger partial charge in [0.25, 0.3) is 5.91 Å². The van der Waals surface area contributed by atoms with Gasteiger partial charge in [0.15, 0.2) is 6.10 Å². The monoisotopic (exact) mass is 626 g/mol. The fraction of sp³-hybridized carbons (Fsp3) is 0.344. The van der Waals surface area contributed by atoms with Crippen LogP contribution in [0.15, 0.2) is 78.9 Å². The van der Waals surface area contributed by atoms with Crippen LogP contribution in [0, 0.1) is 6.92 Å². The number of aliphatic hydroxyl groups is 1. The van der Waals surface area contributed by atoms with Crippen LogP contribution in [0.5, 0.6) is 5.75 Å². The number of thioether (sulfide) groups is 1. The summed E-state index contributed by atoms with van der Waals surface area (Å²) in [6.45, 7) is 2.85. The van der Waals surface area contributed by atoms with Crippen LogP contribution in [0.3, 0.4) is 0 Å². The van der Waals surface area contributed by atoms with Gasteiger partial charge in [0.1, 0.15) is 11.8 Å². The first-order valence-electron chi connectivity index (χ1n) is 14.1. The van der Waals surface area contributed by atoms with Gasteiger partial charge in [-0.2, -0.15) is 8.78 Å². The summed E-state index contributed by atoms with van der Waals surface area (Å²) in [5.41, 5.74) is 2.68. The van der Waals surface area contributed by atoms with Gasteiger partial charge in [0.05, 0.1) is 17.6 Å². The van der Waals surface area contributed by atoms with Gasteiger partial charge in [-0.3, -0.25) is 9.59 Å². The average Bonchev–Trinajstić information content (AvgIpc) is 3.31. The first kappa shape index (κ1) is 32.7. The molecule has 0 aromatic heterocycles. The predicted molar refractivity (Wildman–Crippen MR) is 165 cm³/mol. The highest BCUT2D eigenvalue weighted by molar-refractivity contribution is 8.00. The summed E-state index contributed by atoms with van der Waals surface area (Å²) in [6, 6.07) is 19.4. The molecule has 0 bridgehead atoms. The Morgan fingerprint density at radius 1 is 1.02 bits per heavy atom. The second kappa shape index (κ2) is 14.5. The number of para-hydroxylation sites is 2. The van der Waals surface area contributed by atoms with Crippen molar-refractivity contribution >= 4 is 35.3 Å². The van der Waals surface area contributed by atoms with Crippen LogP contribution in [0.25, 0.3) is 0 Å². The maximum absolute atomic E-state index is 13.8. The van der Waals surface area contributed by atoms with Crippen LogP contribution in [-0.4, -0.2) is 63.3 Å². The zero-order chi connectivity index (χ0) is 31.9. The lowest BCUT2D eigenvalue weighted by Gasteiger charge is -2.33. The van der Waals surface area contributed by atoms with E-state index < -0.39 is 41.5 Å². The Kier molecular flexibility index (Phi) is 10.8. The molecule has 234 valence electrons. The second-order valence-corrected chi connectivity index (χ2v) is 12.5. The lowest BCUT2D eigenvalue weighted by atomic mass is 9.97. The highest BCUT2D eigenvalue weighted by Gasteiger charge is 2.49. The van der Waals surface area contributed by atoms with Gasteiger partial charge in [0, 0.05) is 11.3 Å². The Balaban J connectivity index is 1.52. The van der Waals surface area contributed by atoms with Gasteiger partial charge in [-0.05, 0) is 56.0 Å². The molecule has 3 aromatic rings. The molecule has 3 aromatic carbocycles. The molecule has 0 aliphatic carbocycles. The topological polar surface area (TPSA) is 120 Å². The Morgan fingerprint density at radius 3 is 2.39 bits per heavy atom. The number of hydrogen-bond donors (Lipinski definition) is 4. The molecular formula is C32H36F2N4O5S. The van der Waals surface area contributed by atoms with E-state index in [0.29, 0.717) is 0 Å². The van der Waals surface area contributed by atoms with Crippen LogP contribution < -0.4 is 20.7 Å². The number of aliphatic hydroxyl groups excluding tert-OH is 1. The maximum Gasteiger partial charge on any atom is 0.387 e. The van der Waals surface area contributed by atoms with Crippen molar-refractivity contribution < 1.29 is 33.0 Å². The smallest absolute Gasteiger partial charge is 0.387 e. The van der Waals surface area contributed by atoms with E-state index in [1.165, 1.54) is 40.9 Å². The Hall–Kier alpha value is -4.16. The van der Waals surface area contributed by atoms with Gasteiger partial charge in [-0.25, -0.2) is 4.79 Å². The number of nitrogens with one attached hydrogen (secondary N) is 3. The zero-order valence-corrected chi connectivity index (χ0v) is 25.4. The molecule has 9 nitrogen and oxygen atoms in total. The van der Waals surface area contributed by atoms with E-state index in [4.69, 9.17) is 0 Å². The molecular weight excluding hydrogens is 590 g/mol. The number of carbonyl (C=O) groups is 3. The first-order chi connectivity index (χ1) is 21.0. The molecule has 12 heteroatoms.